The van der Waals surface area contributed by atoms with Gasteiger partial charge >= 0.3 is 0 Å². The molecule has 0 bridgehead atoms. The summed E-state index contributed by atoms with van der Waals surface area (Å²) in [7, 11) is 0. The van der Waals surface area contributed by atoms with Crippen LogP contribution in [0.25, 0.3) is 0 Å². The Hall–Kier alpha value is -1.63. The van der Waals surface area contributed by atoms with Gasteiger partial charge in [0.15, 0.2) is 11.5 Å². The van der Waals surface area contributed by atoms with E-state index in [1.54, 1.807) is 0 Å². The van der Waals surface area contributed by atoms with Crippen molar-refractivity contribution >= 4 is 5.84 Å². The van der Waals surface area contributed by atoms with Gasteiger partial charge in [-0.3, -0.25) is 0 Å². The number of aliphatic hydroxyl groups excluding tert-OH is 1. The molecule has 0 aromatic carbocycles. The van der Waals surface area contributed by atoms with E-state index in [4.69, 9.17) is 10.9 Å². The SMILES string of the molecule is NC(=NO)c1nonc1CC1CCC(O)CC1. The maximum atomic E-state index is 9.42. The molecular formula is C10H16N4O3. The van der Waals surface area contributed by atoms with E-state index in [1.165, 1.54) is 0 Å². The number of nitrogens with zero attached hydrogens (tertiary/aromatic N) is 3. The van der Waals surface area contributed by atoms with Crippen LogP contribution in [0.5, 0.6) is 0 Å². The Kier molecular flexibility index (Phi) is 3.58. The van der Waals surface area contributed by atoms with Crippen molar-refractivity contribution < 1.29 is 14.9 Å². The maximum Gasteiger partial charge on any atom is 0.194 e. The van der Waals surface area contributed by atoms with Crippen LogP contribution in [0, 0.1) is 5.92 Å². The lowest BCUT2D eigenvalue weighted by Crippen LogP contribution is -2.21. The minimum Gasteiger partial charge on any atom is -0.409 e. The van der Waals surface area contributed by atoms with E-state index in [9.17, 15) is 5.11 Å². The molecule has 0 spiro atoms. The average molecular weight is 240 g/mol. The van der Waals surface area contributed by atoms with Crippen LogP contribution in [0.4, 0.5) is 0 Å². The number of nitrogens with two attached hydrogens (primary N) is 1. The van der Waals surface area contributed by atoms with E-state index < -0.39 is 0 Å². The molecule has 1 fully saturated rings. The standard InChI is InChI=1S/C10H16N4O3/c11-10(12-16)9-8(13-17-14-9)5-6-1-3-7(15)4-2-6/h6-7,15-16H,1-5H2,(H2,11,12). The van der Waals surface area contributed by atoms with Gasteiger partial charge in [-0.15, -0.1) is 0 Å². The van der Waals surface area contributed by atoms with Gasteiger partial charge in [-0.05, 0) is 43.2 Å². The van der Waals surface area contributed by atoms with Gasteiger partial charge in [0.1, 0.15) is 5.69 Å². The quantitative estimate of drug-likeness (QED) is 0.302. The molecule has 1 aromatic rings. The van der Waals surface area contributed by atoms with Gasteiger partial charge in [0.2, 0.25) is 0 Å². The monoisotopic (exact) mass is 240 g/mol. The van der Waals surface area contributed by atoms with E-state index in [1.807, 2.05) is 0 Å². The zero-order chi connectivity index (χ0) is 12.3. The summed E-state index contributed by atoms with van der Waals surface area (Å²) < 4.78 is 4.61. The van der Waals surface area contributed by atoms with Crippen LogP contribution < -0.4 is 5.73 Å². The normalized spacial score (nSPS) is 26.1. The van der Waals surface area contributed by atoms with Crippen LogP contribution in [0.1, 0.15) is 37.1 Å². The van der Waals surface area contributed by atoms with Crippen molar-refractivity contribution in [3.05, 3.63) is 11.4 Å². The molecule has 4 N–H and O–H groups in total. The van der Waals surface area contributed by atoms with Gasteiger partial charge in [-0.25, -0.2) is 4.63 Å². The summed E-state index contributed by atoms with van der Waals surface area (Å²) in [4.78, 5) is 0. The van der Waals surface area contributed by atoms with Gasteiger partial charge in [-0.2, -0.15) is 0 Å². The molecule has 0 atom stereocenters. The fourth-order valence-electron chi connectivity index (χ4n) is 2.20. The van der Waals surface area contributed by atoms with Crippen LogP contribution in [0.2, 0.25) is 0 Å². The Morgan fingerprint density at radius 3 is 2.71 bits per heavy atom. The van der Waals surface area contributed by atoms with E-state index in [-0.39, 0.29) is 11.9 Å². The van der Waals surface area contributed by atoms with Gasteiger partial charge < -0.3 is 16.0 Å². The summed E-state index contributed by atoms with van der Waals surface area (Å²) in [6.45, 7) is 0. The topological polar surface area (TPSA) is 118 Å². The van der Waals surface area contributed by atoms with Crippen molar-refractivity contribution in [1.29, 1.82) is 0 Å². The third-order valence-corrected chi connectivity index (χ3v) is 3.21. The van der Waals surface area contributed by atoms with Gasteiger partial charge in [0.25, 0.3) is 0 Å². The summed E-state index contributed by atoms with van der Waals surface area (Å²) >= 11 is 0. The Balaban J connectivity index is 2.01. The molecule has 0 saturated heterocycles. The molecule has 0 radical (unpaired) electrons. The first-order valence-corrected chi connectivity index (χ1v) is 5.68. The molecule has 1 saturated carbocycles. The van der Waals surface area contributed by atoms with Gasteiger partial charge in [0.05, 0.1) is 6.10 Å². The molecule has 0 amide bonds. The summed E-state index contributed by atoms with van der Waals surface area (Å²) in [6.07, 6.45) is 4.03. The maximum absolute atomic E-state index is 9.42. The highest BCUT2D eigenvalue weighted by molar-refractivity contribution is 5.95. The molecule has 1 aliphatic rings. The second-order valence-electron chi connectivity index (χ2n) is 4.42. The molecule has 0 aliphatic heterocycles. The minimum absolute atomic E-state index is 0.0860. The fraction of sp³-hybridized carbons (Fsp3) is 0.700. The molecule has 7 nitrogen and oxygen atoms in total. The second-order valence-corrected chi connectivity index (χ2v) is 4.42. The van der Waals surface area contributed by atoms with Crippen molar-refractivity contribution in [2.75, 3.05) is 0 Å². The lowest BCUT2D eigenvalue weighted by atomic mass is 9.84. The van der Waals surface area contributed by atoms with Crippen molar-refractivity contribution in [1.82, 2.24) is 10.3 Å². The van der Waals surface area contributed by atoms with Crippen LogP contribution in [0.3, 0.4) is 0 Å². The third-order valence-electron chi connectivity index (χ3n) is 3.21. The largest absolute Gasteiger partial charge is 0.409 e. The average Bonchev–Trinajstić information content (AvgIpc) is 2.79. The molecule has 17 heavy (non-hydrogen) atoms. The number of oxime groups is 1. The van der Waals surface area contributed by atoms with Crippen molar-refractivity contribution in [3.8, 4) is 0 Å². The third kappa shape index (κ3) is 2.73. The van der Waals surface area contributed by atoms with Crippen molar-refractivity contribution in [2.45, 2.75) is 38.2 Å². The Morgan fingerprint density at radius 1 is 1.35 bits per heavy atom. The van der Waals surface area contributed by atoms with Crippen molar-refractivity contribution in [2.24, 2.45) is 16.8 Å². The minimum atomic E-state index is -0.176. The number of aliphatic hydroxyl groups is 1. The van der Waals surface area contributed by atoms with Crippen LogP contribution in [0.15, 0.2) is 9.78 Å². The first kappa shape index (κ1) is 11.8. The highest BCUT2D eigenvalue weighted by Crippen LogP contribution is 2.27. The molecular weight excluding hydrogens is 224 g/mol. The number of hydrogen-bond acceptors (Lipinski definition) is 6. The van der Waals surface area contributed by atoms with Crippen molar-refractivity contribution in [3.63, 3.8) is 0 Å². The molecule has 0 unspecified atom stereocenters. The lowest BCUT2D eigenvalue weighted by Gasteiger charge is -2.24. The first-order valence-electron chi connectivity index (χ1n) is 5.68. The summed E-state index contributed by atoms with van der Waals surface area (Å²) in [5.74, 6) is 0.354. The van der Waals surface area contributed by atoms with Crippen LogP contribution in [-0.4, -0.2) is 32.6 Å². The summed E-state index contributed by atoms with van der Waals surface area (Å²) in [5.41, 5.74) is 6.38. The number of rotatable bonds is 3. The predicted molar refractivity (Wildman–Crippen MR) is 58.5 cm³/mol. The van der Waals surface area contributed by atoms with Crippen LogP contribution >= 0.6 is 0 Å². The van der Waals surface area contributed by atoms with E-state index in [0.717, 1.165) is 25.7 Å². The Morgan fingerprint density at radius 2 is 2.06 bits per heavy atom. The lowest BCUT2D eigenvalue weighted by molar-refractivity contribution is 0.108. The predicted octanol–water partition coefficient (Wildman–Crippen LogP) is 0.258. The highest BCUT2D eigenvalue weighted by atomic mass is 16.6. The zero-order valence-electron chi connectivity index (χ0n) is 9.41. The Labute approximate surface area is 98.3 Å². The number of amidine groups is 1. The molecule has 7 heteroatoms. The Bertz CT molecular complexity index is 396. The summed E-state index contributed by atoms with van der Waals surface area (Å²) in [5, 5.41) is 28.3. The first-order chi connectivity index (χ1) is 8.20. The zero-order valence-corrected chi connectivity index (χ0v) is 9.41. The molecule has 2 rings (SSSR count). The number of aromatic nitrogens is 2. The van der Waals surface area contributed by atoms with E-state index in [0.29, 0.717) is 23.7 Å². The van der Waals surface area contributed by atoms with Gasteiger partial charge in [-0.1, -0.05) is 10.3 Å². The molecule has 94 valence electrons. The smallest absolute Gasteiger partial charge is 0.194 e. The van der Waals surface area contributed by atoms with Gasteiger partial charge in [0, 0.05) is 0 Å². The highest BCUT2D eigenvalue weighted by Gasteiger charge is 2.23. The van der Waals surface area contributed by atoms with Crippen LogP contribution in [-0.2, 0) is 6.42 Å². The fourth-order valence-corrected chi connectivity index (χ4v) is 2.20. The van der Waals surface area contributed by atoms with E-state index >= 15 is 0 Å². The molecule has 1 heterocycles. The van der Waals surface area contributed by atoms with E-state index in [2.05, 4.69) is 20.1 Å². The second kappa shape index (κ2) is 5.13. The molecule has 1 aliphatic carbocycles. The number of hydrogen-bond donors (Lipinski definition) is 3. The summed E-state index contributed by atoms with van der Waals surface area (Å²) in [6, 6.07) is 0. The molecule has 1 aromatic heterocycles.